The monoisotopic (exact) mass is 552 g/mol. The maximum absolute atomic E-state index is 12.4. The molecule has 1 unspecified atom stereocenters. The van der Waals surface area contributed by atoms with Crippen molar-refractivity contribution in [2.45, 2.75) is 77.4 Å². The zero-order valence-corrected chi connectivity index (χ0v) is 24.0. The number of nitrogens with zero attached hydrogens (tertiary/aromatic N) is 4. The van der Waals surface area contributed by atoms with Crippen LogP contribution >= 0.6 is 0 Å². The number of carbonyl (C=O) groups excluding carboxylic acids is 2. The van der Waals surface area contributed by atoms with Gasteiger partial charge in [0.1, 0.15) is 11.7 Å². The summed E-state index contributed by atoms with van der Waals surface area (Å²) in [6, 6.07) is 0. The number of likely N-dealkylation sites (tertiary alicyclic amines) is 1. The number of carboxylic acids is 1. The largest absolute Gasteiger partial charge is 0.481 e. The van der Waals surface area contributed by atoms with Crippen molar-refractivity contribution >= 4 is 24.1 Å². The molecule has 3 aliphatic rings. The van der Waals surface area contributed by atoms with Gasteiger partial charge in [0.25, 0.3) is 0 Å². The third kappa shape index (κ3) is 11.2. The quantitative estimate of drug-likeness (QED) is 0.201. The number of ether oxygens (including phenoxy) is 2. The summed E-state index contributed by atoms with van der Waals surface area (Å²) in [7, 11) is 0. The molecule has 12 heteroatoms. The van der Waals surface area contributed by atoms with Gasteiger partial charge in [-0.15, -0.1) is 0 Å². The molecule has 222 valence electrons. The number of unbranched alkanes of at least 4 members (excludes halogenated alkanes) is 1. The summed E-state index contributed by atoms with van der Waals surface area (Å²) in [6.07, 6.45) is 5.08. The summed E-state index contributed by atoms with van der Waals surface area (Å²) in [5, 5.41) is 19.5. The number of carbonyl (C=O) groups is 3. The van der Waals surface area contributed by atoms with Crippen molar-refractivity contribution < 1.29 is 29.0 Å². The van der Waals surface area contributed by atoms with Crippen LogP contribution in [0.1, 0.15) is 65.7 Å². The van der Waals surface area contributed by atoms with Gasteiger partial charge in [0.05, 0.1) is 6.54 Å². The van der Waals surface area contributed by atoms with Gasteiger partial charge in [0.15, 0.2) is 0 Å². The van der Waals surface area contributed by atoms with E-state index in [0.29, 0.717) is 18.9 Å². The van der Waals surface area contributed by atoms with Gasteiger partial charge in [-0.05, 0) is 58.9 Å². The summed E-state index contributed by atoms with van der Waals surface area (Å²) in [5.74, 6) is -0.0469. The fourth-order valence-corrected chi connectivity index (χ4v) is 5.45. The molecule has 0 aromatic carbocycles. The number of carboxylic acid groups (broad SMARTS) is 1. The van der Waals surface area contributed by atoms with Crippen molar-refractivity contribution in [3.8, 4) is 0 Å². The van der Waals surface area contributed by atoms with E-state index in [0.717, 1.165) is 91.0 Å². The first kappa shape index (κ1) is 30.9. The molecule has 3 aliphatic heterocycles. The predicted octanol–water partition coefficient (Wildman–Crippen LogP) is 2.63. The van der Waals surface area contributed by atoms with Crippen molar-refractivity contribution in [1.82, 2.24) is 24.9 Å². The lowest BCUT2D eigenvalue weighted by molar-refractivity contribution is -0.137. The summed E-state index contributed by atoms with van der Waals surface area (Å²) in [4.78, 5) is 43.3. The Hall–Kier alpha value is -2.60. The summed E-state index contributed by atoms with van der Waals surface area (Å²) < 4.78 is 10.9. The van der Waals surface area contributed by atoms with E-state index in [2.05, 4.69) is 15.1 Å². The molecule has 0 aromatic heterocycles. The predicted molar refractivity (Wildman–Crippen MR) is 147 cm³/mol. The van der Waals surface area contributed by atoms with Gasteiger partial charge in [-0.1, -0.05) is 12.8 Å². The SMILES string of the molecule is CC(C)(C)OC(=O)NC(=N)N1CCC(CCCCN2CC(CN3CCN(CCCC(=O)O)CC3)OC2=O)CC1. The van der Waals surface area contributed by atoms with Crippen molar-refractivity contribution in [1.29, 1.82) is 5.41 Å². The summed E-state index contributed by atoms with van der Waals surface area (Å²) in [6.45, 7) is 13.5. The molecular weight excluding hydrogens is 504 g/mol. The maximum atomic E-state index is 12.4. The van der Waals surface area contributed by atoms with E-state index < -0.39 is 17.7 Å². The number of amides is 2. The molecule has 3 saturated heterocycles. The highest BCUT2D eigenvalue weighted by Crippen LogP contribution is 2.23. The standard InChI is InChI=1S/C27H48N6O6/c1-27(2,3)39-25(36)29-24(28)32-13-9-21(10-14-32)7-4-5-12-33-20-22(38-26(33)37)19-31-17-15-30(16-18-31)11-6-8-23(34)35/h21-22H,4-20H2,1-3H3,(H,34,35)(H2,28,29,36). The van der Waals surface area contributed by atoms with Crippen LogP contribution in [-0.2, 0) is 14.3 Å². The Labute approximate surface area is 232 Å². The second-order valence-electron chi connectivity index (χ2n) is 12.0. The highest BCUT2D eigenvalue weighted by Gasteiger charge is 2.33. The van der Waals surface area contributed by atoms with Gasteiger partial charge < -0.3 is 29.3 Å². The first-order valence-electron chi connectivity index (χ1n) is 14.4. The minimum atomic E-state index is -0.740. The smallest absolute Gasteiger partial charge is 0.414 e. The van der Waals surface area contributed by atoms with Gasteiger partial charge >= 0.3 is 18.2 Å². The van der Waals surface area contributed by atoms with Crippen LogP contribution in [0.4, 0.5) is 9.59 Å². The first-order chi connectivity index (χ1) is 18.5. The second kappa shape index (κ2) is 14.7. The van der Waals surface area contributed by atoms with E-state index in [4.69, 9.17) is 20.0 Å². The Morgan fingerprint density at radius 3 is 2.33 bits per heavy atom. The normalized spacial score (nSPS) is 21.6. The molecule has 3 heterocycles. The van der Waals surface area contributed by atoms with E-state index >= 15 is 0 Å². The van der Waals surface area contributed by atoms with Crippen molar-refractivity contribution in [2.75, 3.05) is 65.4 Å². The van der Waals surface area contributed by atoms with E-state index in [9.17, 15) is 14.4 Å². The van der Waals surface area contributed by atoms with Gasteiger partial charge in [-0.2, -0.15) is 0 Å². The summed E-state index contributed by atoms with van der Waals surface area (Å²) >= 11 is 0. The second-order valence-corrected chi connectivity index (χ2v) is 12.0. The van der Waals surface area contributed by atoms with E-state index in [1.807, 2.05) is 9.80 Å². The minimum absolute atomic E-state index is 0.0926. The summed E-state index contributed by atoms with van der Waals surface area (Å²) in [5.41, 5.74) is -0.591. The molecule has 12 nitrogen and oxygen atoms in total. The number of piperazine rings is 1. The number of guanidine groups is 1. The zero-order chi connectivity index (χ0) is 28.4. The Morgan fingerprint density at radius 1 is 1.03 bits per heavy atom. The van der Waals surface area contributed by atoms with Crippen LogP contribution in [0, 0.1) is 11.3 Å². The molecule has 2 amide bonds. The third-order valence-corrected chi connectivity index (χ3v) is 7.58. The first-order valence-corrected chi connectivity index (χ1v) is 14.4. The highest BCUT2D eigenvalue weighted by molar-refractivity contribution is 5.92. The van der Waals surface area contributed by atoms with E-state index in [-0.39, 0.29) is 24.6 Å². The molecule has 0 aliphatic carbocycles. The van der Waals surface area contributed by atoms with Crippen molar-refractivity contribution in [2.24, 2.45) is 5.92 Å². The number of aliphatic carboxylic acids is 1. The van der Waals surface area contributed by atoms with E-state index in [1.54, 1.807) is 20.8 Å². The van der Waals surface area contributed by atoms with Crippen LogP contribution in [0.3, 0.4) is 0 Å². The number of nitrogens with one attached hydrogen (secondary N) is 2. The Kier molecular flexibility index (Phi) is 11.7. The molecule has 1 atom stereocenters. The van der Waals surface area contributed by atoms with Gasteiger partial charge in [0, 0.05) is 58.8 Å². The van der Waals surface area contributed by atoms with Crippen LogP contribution < -0.4 is 5.32 Å². The molecule has 0 radical (unpaired) electrons. The van der Waals surface area contributed by atoms with Crippen molar-refractivity contribution in [3.63, 3.8) is 0 Å². The average molecular weight is 553 g/mol. The zero-order valence-electron chi connectivity index (χ0n) is 24.0. The molecule has 0 saturated carbocycles. The van der Waals surface area contributed by atoms with Gasteiger partial charge in [-0.25, -0.2) is 9.59 Å². The van der Waals surface area contributed by atoms with Crippen molar-refractivity contribution in [3.05, 3.63) is 0 Å². The molecule has 0 bridgehead atoms. The molecule has 39 heavy (non-hydrogen) atoms. The molecular formula is C27H48N6O6. The number of hydrogen-bond donors (Lipinski definition) is 3. The van der Waals surface area contributed by atoms with Crippen LogP contribution in [-0.4, -0.2) is 126 Å². The highest BCUT2D eigenvalue weighted by atomic mass is 16.6. The van der Waals surface area contributed by atoms with Gasteiger partial charge in [0.2, 0.25) is 5.96 Å². The van der Waals surface area contributed by atoms with Gasteiger partial charge in [-0.3, -0.25) is 20.4 Å². The van der Waals surface area contributed by atoms with Crippen LogP contribution in [0.5, 0.6) is 0 Å². The minimum Gasteiger partial charge on any atom is -0.481 e. The van der Waals surface area contributed by atoms with Crippen LogP contribution in [0.25, 0.3) is 0 Å². The fourth-order valence-electron chi connectivity index (χ4n) is 5.45. The Morgan fingerprint density at radius 2 is 1.69 bits per heavy atom. The lowest BCUT2D eigenvalue weighted by Gasteiger charge is -2.35. The molecule has 3 fully saturated rings. The number of rotatable bonds is 11. The maximum Gasteiger partial charge on any atom is 0.414 e. The Balaban J connectivity index is 1.24. The lowest BCUT2D eigenvalue weighted by Crippen LogP contribution is -2.49. The van der Waals surface area contributed by atoms with Crippen LogP contribution in [0.2, 0.25) is 0 Å². The number of cyclic esters (lactones) is 1. The number of alkyl carbamates (subject to hydrolysis) is 1. The topological polar surface area (TPSA) is 139 Å². The van der Waals surface area contributed by atoms with Crippen LogP contribution in [0.15, 0.2) is 0 Å². The third-order valence-electron chi connectivity index (χ3n) is 7.58. The molecule has 3 N–H and O–H groups in total. The lowest BCUT2D eigenvalue weighted by atomic mass is 9.91. The number of hydrogen-bond acceptors (Lipinski definition) is 8. The van der Waals surface area contributed by atoms with E-state index in [1.165, 1.54) is 0 Å². The molecule has 0 aromatic rings. The average Bonchev–Trinajstić information content (AvgIpc) is 3.20. The molecule has 3 rings (SSSR count). The fraction of sp³-hybridized carbons (Fsp3) is 0.852. The Bertz CT molecular complexity index is 833. The number of piperidine rings is 1. The molecule has 0 spiro atoms.